The minimum atomic E-state index is -0.166. The van der Waals surface area contributed by atoms with Crippen LogP contribution in [0.4, 0.5) is 5.13 Å². The van der Waals surface area contributed by atoms with Gasteiger partial charge < -0.3 is 9.88 Å². The number of thiazole rings is 1. The van der Waals surface area contributed by atoms with Gasteiger partial charge in [-0.25, -0.2) is 4.98 Å². The number of halogens is 2. The highest BCUT2D eigenvalue weighted by Crippen LogP contribution is 2.32. The minimum absolute atomic E-state index is 0.166. The third-order valence-electron chi connectivity index (χ3n) is 4.42. The maximum atomic E-state index is 12.4. The lowest BCUT2D eigenvalue weighted by molar-refractivity contribution is -0.113. The molecule has 4 rings (SSSR count). The van der Waals surface area contributed by atoms with Crippen molar-refractivity contribution in [1.29, 1.82) is 0 Å². The number of hydrogen-bond donors (Lipinski definition) is 1. The summed E-state index contributed by atoms with van der Waals surface area (Å²) in [7, 11) is 1.90. The van der Waals surface area contributed by atoms with E-state index >= 15 is 0 Å². The van der Waals surface area contributed by atoms with Gasteiger partial charge in [0.25, 0.3) is 0 Å². The van der Waals surface area contributed by atoms with Crippen LogP contribution in [0.3, 0.4) is 0 Å². The second-order valence-corrected chi connectivity index (χ2v) is 9.26. The van der Waals surface area contributed by atoms with Crippen LogP contribution in [0.1, 0.15) is 11.4 Å². The predicted molar refractivity (Wildman–Crippen MR) is 127 cm³/mol. The number of carbonyl (C=O) groups is 1. The molecule has 2 heterocycles. The second-order valence-electron chi connectivity index (χ2n) is 6.62. The highest BCUT2D eigenvalue weighted by atomic mass is 35.5. The lowest BCUT2D eigenvalue weighted by atomic mass is 10.1. The first-order valence-corrected chi connectivity index (χ1v) is 11.9. The Bertz CT molecular complexity index is 1210. The zero-order chi connectivity index (χ0) is 21.8. The van der Waals surface area contributed by atoms with Gasteiger partial charge in [-0.15, -0.1) is 21.5 Å². The number of anilines is 1. The highest BCUT2D eigenvalue weighted by molar-refractivity contribution is 7.99. The van der Waals surface area contributed by atoms with Crippen LogP contribution >= 0.6 is 46.3 Å². The number of amides is 1. The van der Waals surface area contributed by atoms with E-state index in [4.69, 9.17) is 23.2 Å². The molecule has 0 fully saturated rings. The topological polar surface area (TPSA) is 72.7 Å². The molecule has 10 heteroatoms. The summed E-state index contributed by atoms with van der Waals surface area (Å²) in [6.07, 6.45) is 0.687. The number of nitrogens with zero attached hydrogens (tertiary/aromatic N) is 4. The summed E-state index contributed by atoms with van der Waals surface area (Å²) < 4.78 is 1.91. The summed E-state index contributed by atoms with van der Waals surface area (Å²) in [4.78, 5) is 16.8. The van der Waals surface area contributed by atoms with Crippen LogP contribution in [-0.4, -0.2) is 31.4 Å². The van der Waals surface area contributed by atoms with E-state index in [0.717, 1.165) is 17.0 Å². The van der Waals surface area contributed by atoms with Crippen molar-refractivity contribution < 1.29 is 4.79 Å². The van der Waals surface area contributed by atoms with Gasteiger partial charge in [-0.05, 0) is 23.8 Å². The number of nitrogens with one attached hydrogen (secondary N) is 1. The molecule has 158 valence electrons. The van der Waals surface area contributed by atoms with E-state index in [1.807, 2.05) is 41.3 Å². The van der Waals surface area contributed by atoms with Crippen molar-refractivity contribution in [3.05, 3.63) is 75.3 Å². The Hall–Kier alpha value is -2.39. The maximum absolute atomic E-state index is 12.4. The van der Waals surface area contributed by atoms with Gasteiger partial charge in [-0.1, -0.05) is 65.3 Å². The monoisotopic (exact) mass is 489 g/mol. The smallest absolute Gasteiger partial charge is 0.236 e. The first-order chi connectivity index (χ1) is 15.0. The van der Waals surface area contributed by atoms with Crippen LogP contribution in [0.2, 0.25) is 10.0 Å². The number of aromatic nitrogens is 4. The summed E-state index contributed by atoms with van der Waals surface area (Å²) in [6.45, 7) is 0. The molecule has 0 saturated carbocycles. The summed E-state index contributed by atoms with van der Waals surface area (Å²) in [5.74, 6) is 0.882. The van der Waals surface area contributed by atoms with Crippen molar-refractivity contribution in [3.8, 4) is 11.3 Å². The predicted octanol–water partition coefficient (Wildman–Crippen LogP) is 5.57. The first kappa shape index (κ1) is 21.8. The number of carbonyl (C=O) groups excluding carboxylic acids is 1. The zero-order valence-corrected chi connectivity index (χ0v) is 19.5. The molecule has 6 nitrogen and oxygen atoms in total. The molecule has 1 N–H and O–H groups in total. The third-order valence-corrected chi connectivity index (χ3v) is 6.75. The summed E-state index contributed by atoms with van der Waals surface area (Å²) in [6, 6.07) is 15.3. The normalized spacial score (nSPS) is 10.9. The van der Waals surface area contributed by atoms with Gasteiger partial charge in [0.2, 0.25) is 5.91 Å². The fourth-order valence-electron chi connectivity index (χ4n) is 2.84. The molecular weight excluding hydrogens is 473 g/mol. The van der Waals surface area contributed by atoms with Crippen molar-refractivity contribution in [2.24, 2.45) is 7.05 Å². The Balaban J connectivity index is 1.34. The van der Waals surface area contributed by atoms with Gasteiger partial charge in [0.1, 0.15) is 5.82 Å². The average Bonchev–Trinajstić information content (AvgIpc) is 3.34. The van der Waals surface area contributed by atoms with Gasteiger partial charge in [0.15, 0.2) is 10.3 Å². The fourth-order valence-corrected chi connectivity index (χ4v) is 4.80. The van der Waals surface area contributed by atoms with Crippen molar-refractivity contribution >= 4 is 57.3 Å². The summed E-state index contributed by atoms with van der Waals surface area (Å²) in [5.41, 5.74) is 2.61. The van der Waals surface area contributed by atoms with E-state index < -0.39 is 0 Å². The van der Waals surface area contributed by atoms with Crippen LogP contribution in [0.15, 0.2) is 59.1 Å². The Labute approximate surface area is 197 Å². The lowest BCUT2D eigenvalue weighted by Crippen LogP contribution is -2.14. The van der Waals surface area contributed by atoms with Gasteiger partial charge >= 0.3 is 0 Å². The quantitative estimate of drug-likeness (QED) is 0.343. The Kier molecular flexibility index (Phi) is 6.92. The molecule has 0 bridgehead atoms. The van der Waals surface area contributed by atoms with Crippen molar-refractivity contribution in [3.63, 3.8) is 0 Å². The van der Waals surface area contributed by atoms with Crippen LogP contribution < -0.4 is 5.32 Å². The average molecular weight is 490 g/mol. The largest absolute Gasteiger partial charge is 0.309 e. The third kappa shape index (κ3) is 5.46. The molecule has 31 heavy (non-hydrogen) atoms. The van der Waals surface area contributed by atoms with Crippen molar-refractivity contribution in [2.75, 3.05) is 11.1 Å². The van der Waals surface area contributed by atoms with E-state index in [1.165, 1.54) is 23.1 Å². The van der Waals surface area contributed by atoms with E-state index in [0.29, 0.717) is 32.4 Å². The van der Waals surface area contributed by atoms with E-state index in [-0.39, 0.29) is 11.7 Å². The van der Waals surface area contributed by atoms with E-state index in [9.17, 15) is 4.79 Å². The van der Waals surface area contributed by atoms with Crippen LogP contribution in [0.5, 0.6) is 0 Å². The minimum Gasteiger partial charge on any atom is -0.309 e. The van der Waals surface area contributed by atoms with Gasteiger partial charge in [-0.2, -0.15) is 0 Å². The Morgan fingerprint density at radius 3 is 2.74 bits per heavy atom. The number of benzene rings is 2. The molecule has 0 aliphatic rings. The molecule has 0 saturated heterocycles. The van der Waals surface area contributed by atoms with Gasteiger partial charge in [-0.3, -0.25) is 4.79 Å². The number of thioether (sulfide) groups is 1. The fraction of sp³-hybridized carbons (Fsp3) is 0.143. The maximum Gasteiger partial charge on any atom is 0.236 e. The Morgan fingerprint density at radius 1 is 1.16 bits per heavy atom. The molecular formula is C21H17Cl2N5OS2. The second kappa shape index (κ2) is 9.82. The SMILES string of the molecule is Cn1c(Cc2ccccc2)nnc1SCC(=O)Nc1nc(-c2ccc(Cl)cc2Cl)cs1. The number of hydrogen-bond acceptors (Lipinski definition) is 6. The molecule has 0 spiro atoms. The molecule has 2 aromatic heterocycles. The van der Waals surface area contributed by atoms with Crippen LogP contribution in [0, 0.1) is 0 Å². The Morgan fingerprint density at radius 2 is 1.97 bits per heavy atom. The molecule has 4 aromatic rings. The zero-order valence-electron chi connectivity index (χ0n) is 16.4. The summed E-state index contributed by atoms with van der Waals surface area (Å²) >= 11 is 14.9. The van der Waals surface area contributed by atoms with E-state index in [1.54, 1.807) is 12.1 Å². The lowest BCUT2D eigenvalue weighted by Gasteiger charge is -2.04. The molecule has 0 unspecified atom stereocenters. The highest BCUT2D eigenvalue weighted by Gasteiger charge is 2.14. The summed E-state index contributed by atoms with van der Waals surface area (Å²) in [5, 5.41) is 15.4. The van der Waals surface area contributed by atoms with Crippen molar-refractivity contribution in [1.82, 2.24) is 19.7 Å². The number of rotatable bonds is 7. The molecule has 0 radical (unpaired) electrons. The van der Waals surface area contributed by atoms with Gasteiger partial charge in [0.05, 0.1) is 16.5 Å². The van der Waals surface area contributed by atoms with Gasteiger partial charge in [0, 0.05) is 29.4 Å². The van der Waals surface area contributed by atoms with E-state index in [2.05, 4.69) is 32.6 Å². The molecule has 0 atom stereocenters. The van der Waals surface area contributed by atoms with Crippen molar-refractivity contribution in [2.45, 2.75) is 11.6 Å². The van der Waals surface area contributed by atoms with Crippen LogP contribution in [0.25, 0.3) is 11.3 Å². The molecule has 1 amide bonds. The molecule has 0 aliphatic carbocycles. The standard InChI is InChI=1S/C21H17Cl2N5OS2/c1-28-18(9-13-5-3-2-4-6-13)26-27-21(28)31-12-19(29)25-20-24-17(11-30-20)15-8-7-14(22)10-16(15)23/h2-8,10-11H,9,12H2,1H3,(H,24,25,29). The van der Waals surface area contributed by atoms with Crippen LogP contribution in [-0.2, 0) is 18.3 Å². The first-order valence-electron chi connectivity index (χ1n) is 9.25. The molecule has 0 aliphatic heterocycles. The molecule has 2 aromatic carbocycles.